The van der Waals surface area contributed by atoms with E-state index in [-0.39, 0.29) is 6.54 Å². The van der Waals surface area contributed by atoms with Gasteiger partial charge < -0.3 is 19.9 Å². The van der Waals surface area contributed by atoms with Crippen molar-refractivity contribution in [3.8, 4) is 11.5 Å². The number of methoxy groups -OCH3 is 2. The third kappa shape index (κ3) is 4.32. The first-order valence-corrected chi connectivity index (χ1v) is 5.30. The third-order valence-electron chi connectivity index (χ3n) is 2.33. The average molecular weight is 239 g/mol. The van der Waals surface area contributed by atoms with Gasteiger partial charge in [-0.25, -0.2) is 0 Å². The van der Waals surface area contributed by atoms with Crippen LogP contribution >= 0.6 is 0 Å². The van der Waals surface area contributed by atoms with E-state index in [1.807, 2.05) is 18.2 Å². The second kappa shape index (κ2) is 6.75. The highest BCUT2D eigenvalue weighted by molar-refractivity contribution is 5.68. The van der Waals surface area contributed by atoms with E-state index in [0.29, 0.717) is 13.0 Å². The highest BCUT2D eigenvalue weighted by atomic mass is 16.5. The zero-order chi connectivity index (χ0) is 12.7. The first kappa shape index (κ1) is 13.3. The molecule has 0 unspecified atom stereocenters. The minimum Gasteiger partial charge on any atom is -0.497 e. The summed E-state index contributed by atoms with van der Waals surface area (Å²) in [6, 6.07) is 5.56. The maximum atomic E-state index is 10.3. The van der Waals surface area contributed by atoms with Gasteiger partial charge in [0, 0.05) is 0 Å². The van der Waals surface area contributed by atoms with E-state index in [2.05, 4.69) is 5.32 Å². The van der Waals surface area contributed by atoms with Crippen LogP contribution in [0.15, 0.2) is 18.2 Å². The zero-order valence-corrected chi connectivity index (χ0v) is 10.0. The Balaban J connectivity index is 2.58. The smallest absolute Gasteiger partial charge is 0.317 e. The molecule has 0 radical (unpaired) electrons. The largest absolute Gasteiger partial charge is 0.497 e. The monoisotopic (exact) mass is 239 g/mol. The fourth-order valence-electron chi connectivity index (χ4n) is 1.50. The molecule has 0 aliphatic rings. The number of hydrogen-bond acceptors (Lipinski definition) is 4. The Hall–Kier alpha value is -1.75. The van der Waals surface area contributed by atoms with Gasteiger partial charge in [0.05, 0.1) is 20.8 Å². The number of nitrogens with one attached hydrogen (secondary N) is 1. The number of benzene rings is 1. The highest BCUT2D eigenvalue weighted by Gasteiger charge is 2.05. The Kier molecular flexibility index (Phi) is 5.29. The molecule has 1 rings (SSSR count). The van der Waals surface area contributed by atoms with Gasteiger partial charge in [-0.3, -0.25) is 4.79 Å². The van der Waals surface area contributed by atoms with Crippen LogP contribution in [0.3, 0.4) is 0 Å². The van der Waals surface area contributed by atoms with Crippen molar-refractivity contribution >= 4 is 5.97 Å². The molecule has 0 fully saturated rings. The van der Waals surface area contributed by atoms with Crippen LogP contribution in [0.1, 0.15) is 5.56 Å². The lowest BCUT2D eigenvalue weighted by molar-refractivity contribution is -0.135. The number of carboxylic acid groups (broad SMARTS) is 1. The Morgan fingerprint density at radius 1 is 1.35 bits per heavy atom. The van der Waals surface area contributed by atoms with Gasteiger partial charge in [-0.05, 0) is 36.7 Å². The van der Waals surface area contributed by atoms with Gasteiger partial charge in [0.2, 0.25) is 0 Å². The molecule has 0 saturated heterocycles. The molecule has 0 amide bonds. The second-order valence-corrected chi connectivity index (χ2v) is 3.50. The maximum Gasteiger partial charge on any atom is 0.317 e. The number of carboxylic acids is 1. The molecule has 94 valence electrons. The molecule has 0 saturated carbocycles. The van der Waals surface area contributed by atoms with Gasteiger partial charge in [-0.15, -0.1) is 0 Å². The summed E-state index contributed by atoms with van der Waals surface area (Å²) in [6.45, 7) is 0.544. The predicted octanol–water partition coefficient (Wildman–Crippen LogP) is 0.920. The van der Waals surface area contributed by atoms with Crippen LogP contribution in [-0.2, 0) is 11.2 Å². The van der Waals surface area contributed by atoms with Crippen molar-refractivity contribution in [2.45, 2.75) is 6.42 Å². The van der Waals surface area contributed by atoms with Crippen molar-refractivity contribution in [3.63, 3.8) is 0 Å². The Bertz CT molecular complexity index is 379. The van der Waals surface area contributed by atoms with E-state index < -0.39 is 5.97 Å². The number of carbonyl (C=O) groups is 1. The third-order valence-corrected chi connectivity index (χ3v) is 2.33. The van der Waals surface area contributed by atoms with Gasteiger partial charge in [0.15, 0.2) is 0 Å². The molecule has 0 spiro atoms. The van der Waals surface area contributed by atoms with E-state index in [9.17, 15) is 4.79 Å². The molecule has 0 atom stereocenters. The topological polar surface area (TPSA) is 67.8 Å². The van der Waals surface area contributed by atoms with Crippen molar-refractivity contribution in [1.29, 1.82) is 0 Å². The molecular formula is C12H17NO4. The quantitative estimate of drug-likeness (QED) is 0.692. The van der Waals surface area contributed by atoms with Crippen LogP contribution in [0.4, 0.5) is 0 Å². The van der Waals surface area contributed by atoms with Crippen molar-refractivity contribution < 1.29 is 19.4 Å². The number of hydrogen-bond donors (Lipinski definition) is 2. The summed E-state index contributed by atoms with van der Waals surface area (Å²) in [4.78, 5) is 10.3. The molecule has 17 heavy (non-hydrogen) atoms. The van der Waals surface area contributed by atoms with Gasteiger partial charge in [0.25, 0.3) is 0 Å². The van der Waals surface area contributed by atoms with Crippen LogP contribution in [0.5, 0.6) is 11.5 Å². The number of rotatable bonds is 7. The molecule has 0 heterocycles. The highest BCUT2D eigenvalue weighted by Crippen LogP contribution is 2.23. The van der Waals surface area contributed by atoms with Crippen molar-refractivity contribution in [3.05, 3.63) is 23.8 Å². The lowest BCUT2D eigenvalue weighted by Crippen LogP contribution is -2.24. The van der Waals surface area contributed by atoms with Crippen molar-refractivity contribution in [1.82, 2.24) is 5.32 Å². The molecular weight excluding hydrogens is 222 g/mol. The minimum atomic E-state index is -0.859. The maximum absolute atomic E-state index is 10.3. The fourth-order valence-corrected chi connectivity index (χ4v) is 1.50. The van der Waals surface area contributed by atoms with Crippen LogP contribution in [0.25, 0.3) is 0 Å². The second-order valence-electron chi connectivity index (χ2n) is 3.50. The van der Waals surface area contributed by atoms with Gasteiger partial charge in [-0.2, -0.15) is 0 Å². The van der Waals surface area contributed by atoms with Gasteiger partial charge >= 0.3 is 5.97 Å². The van der Waals surface area contributed by atoms with E-state index in [0.717, 1.165) is 17.1 Å². The molecule has 1 aromatic carbocycles. The van der Waals surface area contributed by atoms with Gasteiger partial charge in [0.1, 0.15) is 11.5 Å². The number of ether oxygens (including phenoxy) is 2. The fraction of sp³-hybridized carbons (Fsp3) is 0.417. The molecule has 1 aromatic rings. The first-order chi connectivity index (χ1) is 8.17. The van der Waals surface area contributed by atoms with E-state index in [4.69, 9.17) is 14.6 Å². The standard InChI is InChI=1S/C12H17NO4/c1-16-10-3-4-11(17-2)9(7-10)5-6-13-8-12(14)15/h3-4,7,13H,5-6,8H2,1-2H3,(H,14,15). The molecule has 2 N–H and O–H groups in total. The molecule has 0 aliphatic carbocycles. The van der Waals surface area contributed by atoms with Crippen LogP contribution in [-0.4, -0.2) is 38.4 Å². The van der Waals surface area contributed by atoms with E-state index >= 15 is 0 Å². The Morgan fingerprint density at radius 2 is 2.12 bits per heavy atom. The molecule has 5 heteroatoms. The van der Waals surface area contributed by atoms with Crippen LogP contribution < -0.4 is 14.8 Å². The lowest BCUT2D eigenvalue weighted by Gasteiger charge is -2.10. The summed E-state index contributed by atoms with van der Waals surface area (Å²) in [5.74, 6) is 0.685. The summed E-state index contributed by atoms with van der Waals surface area (Å²) in [5.41, 5.74) is 0.990. The lowest BCUT2D eigenvalue weighted by atomic mass is 10.1. The molecule has 5 nitrogen and oxygen atoms in total. The van der Waals surface area contributed by atoms with Crippen LogP contribution in [0.2, 0.25) is 0 Å². The van der Waals surface area contributed by atoms with E-state index in [1.165, 1.54) is 0 Å². The summed E-state index contributed by atoms with van der Waals surface area (Å²) < 4.78 is 10.4. The molecule has 0 aliphatic heterocycles. The predicted molar refractivity (Wildman–Crippen MR) is 63.8 cm³/mol. The van der Waals surface area contributed by atoms with Gasteiger partial charge in [-0.1, -0.05) is 0 Å². The summed E-state index contributed by atoms with van der Waals surface area (Å²) >= 11 is 0. The van der Waals surface area contributed by atoms with Crippen molar-refractivity contribution in [2.24, 2.45) is 0 Å². The summed E-state index contributed by atoms with van der Waals surface area (Å²) in [5, 5.41) is 11.3. The minimum absolute atomic E-state index is 0.0354. The Labute approximate surface area is 100 Å². The summed E-state index contributed by atoms with van der Waals surface area (Å²) in [7, 11) is 3.21. The van der Waals surface area contributed by atoms with E-state index in [1.54, 1.807) is 14.2 Å². The van der Waals surface area contributed by atoms with Crippen LogP contribution in [0, 0.1) is 0 Å². The SMILES string of the molecule is COc1ccc(OC)c(CCNCC(=O)O)c1. The molecule has 0 aromatic heterocycles. The average Bonchev–Trinajstić information content (AvgIpc) is 2.34. The Morgan fingerprint density at radius 3 is 2.71 bits per heavy atom. The first-order valence-electron chi connectivity index (χ1n) is 5.30. The zero-order valence-electron chi connectivity index (χ0n) is 10.0. The summed E-state index contributed by atoms with van der Waals surface area (Å²) in [6.07, 6.45) is 0.688. The molecule has 0 bridgehead atoms. The van der Waals surface area contributed by atoms with Crippen molar-refractivity contribution in [2.75, 3.05) is 27.3 Å². The normalized spacial score (nSPS) is 10.0. The number of aliphatic carboxylic acids is 1.